The molecule has 4 heterocycles. The molecule has 0 aliphatic carbocycles. The highest BCUT2D eigenvalue weighted by Crippen LogP contribution is 2.40. The second-order valence-corrected chi connectivity index (χ2v) is 10.2. The standard InChI is InChI=1S/C16H28N3O2S3/c1-2-18-16(14-12-23-9-10-24-14,19-3-5-20-6-4-19)15(17-1)13-11-22-8-7-21-13/h13-15,17H,1-12H2. The second-order valence-electron chi connectivity index (χ2n) is 6.61. The molecule has 4 fully saturated rings. The van der Waals surface area contributed by atoms with Gasteiger partial charge >= 0.3 is 0 Å². The Morgan fingerprint density at radius 1 is 1.04 bits per heavy atom. The number of nitrogens with zero attached hydrogens (tertiary/aromatic N) is 2. The number of hydrogen-bond acceptors (Lipinski definition) is 7. The quantitative estimate of drug-likeness (QED) is 0.756. The molecular weight excluding hydrogens is 362 g/mol. The highest BCUT2D eigenvalue weighted by Gasteiger charge is 2.55. The van der Waals surface area contributed by atoms with Gasteiger partial charge in [-0.3, -0.25) is 4.90 Å². The first kappa shape index (κ1) is 18.2. The van der Waals surface area contributed by atoms with E-state index in [1.165, 1.54) is 17.3 Å². The molecule has 4 unspecified atom stereocenters. The van der Waals surface area contributed by atoms with Gasteiger partial charge in [-0.2, -0.15) is 35.3 Å². The molecule has 0 aromatic heterocycles. The highest BCUT2D eigenvalue weighted by atomic mass is 32.2. The highest BCUT2D eigenvalue weighted by molar-refractivity contribution is 8.06. The minimum Gasteiger partial charge on any atom is -0.379 e. The summed E-state index contributed by atoms with van der Waals surface area (Å²) in [5.41, 5.74) is -0.136. The van der Waals surface area contributed by atoms with Crippen molar-refractivity contribution in [2.24, 2.45) is 0 Å². The van der Waals surface area contributed by atoms with Crippen molar-refractivity contribution in [3.05, 3.63) is 0 Å². The maximum absolute atomic E-state index is 6.24. The summed E-state index contributed by atoms with van der Waals surface area (Å²) < 4.78 is 11.9. The van der Waals surface area contributed by atoms with E-state index in [0.29, 0.717) is 11.3 Å². The molecule has 4 aliphatic rings. The topological polar surface area (TPSA) is 47.8 Å². The summed E-state index contributed by atoms with van der Waals surface area (Å²) in [6.07, 6.45) is 0.267. The van der Waals surface area contributed by atoms with Gasteiger partial charge in [0.1, 0.15) is 5.66 Å². The number of hydrogen-bond donors (Lipinski definition) is 1. The molecule has 4 saturated heterocycles. The van der Waals surface area contributed by atoms with Crippen LogP contribution in [0, 0.1) is 0 Å². The van der Waals surface area contributed by atoms with E-state index in [1.54, 1.807) is 0 Å². The fourth-order valence-electron chi connectivity index (χ4n) is 4.26. The number of ether oxygens (including phenoxy) is 2. The lowest BCUT2D eigenvalue weighted by Gasteiger charge is -2.57. The van der Waals surface area contributed by atoms with Crippen molar-refractivity contribution in [1.82, 2.24) is 15.5 Å². The van der Waals surface area contributed by atoms with Crippen LogP contribution < -0.4 is 10.6 Å². The van der Waals surface area contributed by atoms with E-state index in [9.17, 15) is 0 Å². The van der Waals surface area contributed by atoms with Gasteiger partial charge in [-0.25, -0.2) is 5.32 Å². The van der Waals surface area contributed by atoms with Crippen LogP contribution in [0.5, 0.6) is 0 Å². The Morgan fingerprint density at radius 2 is 1.92 bits per heavy atom. The summed E-state index contributed by atoms with van der Waals surface area (Å²) in [5.74, 6) is 5.92. The average molecular weight is 391 g/mol. The monoisotopic (exact) mass is 390 g/mol. The normalized spacial score (nSPS) is 42.8. The minimum absolute atomic E-state index is 0.136. The molecule has 137 valence electrons. The summed E-state index contributed by atoms with van der Waals surface area (Å²) in [6, 6.07) is 0.299. The molecule has 4 rings (SSSR count). The lowest BCUT2D eigenvalue weighted by Crippen LogP contribution is -2.79. The molecule has 1 radical (unpaired) electrons. The summed E-state index contributed by atoms with van der Waals surface area (Å²) in [4.78, 5) is 2.62. The number of piperazine rings is 1. The zero-order valence-corrected chi connectivity index (χ0v) is 16.6. The molecule has 24 heavy (non-hydrogen) atoms. The van der Waals surface area contributed by atoms with Gasteiger partial charge in [0, 0.05) is 60.2 Å². The van der Waals surface area contributed by atoms with Gasteiger partial charge in [-0.1, -0.05) is 0 Å². The van der Waals surface area contributed by atoms with Gasteiger partial charge in [0.15, 0.2) is 0 Å². The van der Waals surface area contributed by atoms with Gasteiger partial charge < -0.3 is 14.8 Å². The third-order valence-electron chi connectivity index (χ3n) is 5.32. The lowest BCUT2D eigenvalue weighted by atomic mass is 9.87. The smallest absolute Gasteiger partial charge is 0.118 e. The Morgan fingerprint density at radius 3 is 2.67 bits per heavy atom. The van der Waals surface area contributed by atoms with Gasteiger partial charge in [0.25, 0.3) is 0 Å². The molecule has 0 amide bonds. The summed E-state index contributed by atoms with van der Waals surface area (Å²) in [6.45, 7) is 6.40. The van der Waals surface area contributed by atoms with Crippen LogP contribution in [-0.2, 0) is 9.47 Å². The molecule has 4 atom stereocenters. The Bertz CT molecular complexity index is 382. The molecule has 4 aliphatic heterocycles. The number of morpholine rings is 1. The first-order valence-corrected chi connectivity index (χ1v) is 12.4. The van der Waals surface area contributed by atoms with Crippen molar-refractivity contribution in [1.29, 1.82) is 0 Å². The third-order valence-corrected chi connectivity index (χ3v) is 9.23. The Balaban J connectivity index is 1.64. The molecule has 5 nitrogen and oxygen atoms in total. The molecule has 0 aromatic carbocycles. The summed E-state index contributed by atoms with van der Waals surface area (Å²) in [7, 11) is 0. The number of nitrogens with one attached hydrogen (secondary N) is 1. The molecule has 8 heteroatoms. The molecular formula is C16H28N3O2S3. The Labute approximate surface area is 158 Å². The van der Waals surface area contributed by atoms with Gasteiger partial charge in [-0.15, -0.1) is 0 Å². The SMILES string of the molecule is C1CNC(C2CSCCO2)C(C2CSCCS2)(N2CCOCC2)[N]1. The fraction of sp³-hybridized carbons (Fsp3) is 1.00. The number of thioether (sulfide) groups is 3. The van der Waals surface area contributed by atoms with E-state index < -0.39 is 0 Å². The van der Waals surface area contributed by atoms with Crippen LogP contribution in [0.3, 0.4) is 0 Å². The molecule has 0 spiro atoms. The van der Waals surface area contributed by atoms with Crippen LogP contribution in [-0.4, -0.2) is 103 Å². The zero-order chi connectivity index (χ0) is 16.2. The van der Waals surface area contributed by atoms with Crippen molar-refractivity contribution in [3.8, 4) is 0 Å². The van der Waals surface area contributed by atoms with Crippen LogP contribution in [0.25, 0.3) is 0 Å². The Hall–Kier alpha value is 0.850. The largest absolute Gasteiger partial charge is 0.379 e. The molecule has 0 aromatic rings. The van der Waals surface area contributed by atoms with E-state index >= 15 is 0 Å². The van der Waals surface area contributed by atoms with Crippen LogP contribution in [0.15, 0.2) is 0 Å². The summed E-state index contributed by atoms with van der Waals surface area (Å²) in [5, 5.41) is 9.73. The fourth-order valence-corrected chi connectivity index (χ4v) is 8.22. The summed E-state index contributed by atoms with van der Waals surface area (Å²) >= 11 is 6.25. The van der Waals surface area contributed by atoms with Crippen LogP contribution in [0.2, 0.25) is 0 Å². The van der Waals surface area contributed by atoms with Gasteiger partial charge in [-0.05, 0) is 0 Å². The van der Waals surface area contributed by atoms with Crippen molar-refractivity contribution in [2.75, 3.05) is 74.8 Å². The molecule has 0 saturated carbocycles. The Kier molecular flexibility index (Phi) is 6.60. The first-order chi connectivity index (χ1) is 11.9. The third kappa shape index (κ3) is 3.63. The van der Waals surface area contributed by atoms with Gasteiger partial charge in [0.05, 0.1) is 32.0 Å². The average Bonchev–Trinajstić information content (AvgIpc) is 2.70. The van der Waals surface area contributed by atoms with E-state index in [2.05, 4.69) is 33.7 Å². The van der Waals surface area contributed by atoms with Crippen LogP contribution in [0.4, 0.5) is 0 Å². The van der Waals surface area contributed by atoms with E-state index in [-0.39, 0.29) is 11.8 Å². The molecule has 1 N–H and O–H groups in total. The predicted molar refractivity (Wildman–Crippen MR) is 105 cm³/mol. The maximum atomic E-state index is 6.24. The molecule has 0 bridgehead atoms. The maximum Gasteiger partial charge on any atom is 0.118 e. The number of rotatable bonds is 3. The second kappa shape index (κ2) is 8.69. The van der Waals surface area contributed by atoms with Crippen molar-refractivity contribution in [3.63, 3.8) is 0 Å². The van der Waals surface area contributed by atoms with Crippen LogP contribution >= 0.6 is 35.3 Å². The van der Waals surface area contributed by atoms with Crippen molar-refractivity contribution < 1.29 is 9.47 Å². The van der Waals surface area contributed by atoms with E-state index in [4.69, 9.17) is 14.8 Å². The van der Waals surface area contributed by atoms with E-state index in [1.807, 2.05) is 11.8 Å². The first-order valence-electron chi connectivity index (χ1n) is 9.05. The van der Waals surface area contributed by atoms with E-state index in [0.717, 1.165) is 57.5 Å². The lowest BCUT2D eigenvalue weighted by molar-refractivity contribution is -0.0940. The van der Waals surface area contributed by atoms with Gasteiger partial charge in [0.2, 0.25) is 0 Å². The van der Waals surface area contributed by atoms with Crippen molar-refractivity contribution in [2.45, 2.75) is 23.1 Å². The zero-order valence-electron chi connectivity index (χ0n) is 14.2. The van der Waals surface area contributed by atoms with Crippen molar-refractivity contribution >= 4 is 35.3 Å². The predicted octanol–water partition coefficient (Wildman–Crippen LogP) is 0.572. The van der Waals surface area contributed by atoms with Crippen LogP contribution in [0.1, 0.15) is 0 Å². The minimum atomic E-state index is -0.136.